The van der Waals surface area contributed by atoms with Crippen LogP contribution >= 0.6 is 0 Å². The average Bonchev–Trinajstić information content (AvgIpc) is 3.23. The van der Waals surface area contributed by atoms with Crippen LogP contribution in [0.2, 0.25) is 0 Å². The van der Waals surface area contributed by atoms with E-state index in [0.29, 0.717) is 22.5 Å². The smallest absolute Gasteiger partial charge is 1.00 e. The number of carboxylic acids is 1. The van der Waals surface area contributed by atoms with Crippen molar-refractivity contribution in [2.45, 2.75) is 64.2 Å². The number of rotatable bonds is 12. The molecule has 1 amide bonds. The van der Waals surface area contributed by atoms with Gasteiger partial charge in [-0.25, -0.2) is 13.5 Å². The molecule has 0 aliphatic heterocycles. The van der Waals surface area contributed by atoms with Crippen molar-refractivity contribution in [3.05, 3.63) is 82.7 Å². The van der Waals surface area contributed by atoms with E-state index in [2.05, 4.69) is 5.10 Å². The van der Waals surface area contributed by atoms with Crippen molar-refractivity contribution in [1.82, 2.24) is 14.7 Å². The van der Waals surface area contributed by atoms with Gasteiger partial charge < -0.3 is 21.6 Å². The van der Waals surface area contributed by atoms with E-state index >= 15 is 0 Å². The predicted molar refractivity (Wildman–Crippen MR) is 138 cm³/mol. The fourth-order valence-electron chi connectivity index (χ4n) is 4.42. The number of amides is 1. The number of carbonyl (C=O) groups is 2. The maximum Gasteiger partial charge on any atom is 1.00 e. The van der Waals surface area contributed by atoms with E-state index in [9.17, 15) is 28.6 Å². The minimum Gasteiger partial charge on any atom is -1.00 e. The van der Waals surface area contributed by atoms with E-state index in [1.807, 2.05) is 13.8 Å². The standard InChI is InChI=1S/C28H33F2N3O5.Na.H/c1-17(2)26-24(13-12-21(34)14-22(35)15-25(36)37)33(20-10-8-19(29)9-11-20)31-27(26)28(38)32(3)16-18-6-4-5-7-23(18)30;;/h4-11,17,21-22,34-35H,12-16H2,1-3H3,(H,36,37);;/q;+1;-1/t21-,22-;;/m1../s1. The molecule has 2 atom stereocenters. The number of aliphatic hydroxyl groups is 2. The van der Waals surface area contributed by atoms with Crippen LogP contribution in [0.15, 0.2) is 48.5 Å². The van der Waals surface area contributed by atoms with E-state index in [1.165, 1.54) is 35.2 Å². The molecule has 39 heavy (non-hydrogen) atoms. The van der Waals surface area contributed by atoms with Gasteiger partial charge in [0.1, 0.15) is 11.6 Å². The van der Waals surface area contributed by atoms with Crippen LogP contribution < -0.4 is 29.6 Å². The molecule has 206 valence electrons. The summed E-state index contributed by atoms with van der Waals surface area (Å²) in [5.41, 5.74) is 2.30. The third-order valence-electron chi connectivity index (χ3n) is 6.25. The maximum atomic E-state index is 14.2. The minimum absolute atomic E-state index is 0. The van der Waals surface area contributed by atoms with Crippen molar-refractivity contribution in [3.8, 4) is 5.69 Å². The molecule has 0 bridgehead atoms. The average molecular weight is 554 g/mol. The van der Waals surface area contributed by atoms with Crippen LogP contribution in [-0.2, 0) is 17.8 Å². The van der Waals surface area contributed by atoms with Gasteiger partial charge >= 0.3 is 35.5 Å². The topological polar surface area (TPSA) is 116 Å². The Morgan fingerprint density at radius 1 is 1.05 bits per heavy atom. The number of carboxylic acid groups (broad SMARTS) is 1. The molecule has 0 radical (unpaired) electrons. The van der Waals surface area contributed by atoms with Crippen LogP contribution in [-0.4, -0.2) is 61.1 Å². The van der Waals surface area contributed by atoms with Gasteiger partial charge in [0.2, 0.25) is 0 Å². The first-order chi connectivity index (χ1) is 18.0. The second-order valence-electron chi connectivity index (χ2n) is 9.68. The zero-order chi connectivity index (χ0) is 28.0. The SMILES string of the molecule is CC(C)c1c(C(=O)N(C)Cc2ccccc2F)nn(-c2ccc(F)cc2)c1CC[C@@H](O)C[C@@H](O)CC(=O)O.[H-].[Na+]. The zero-order valence-electron chi connectivity index (χ0n) is 23.6. The molecule has 0 unspecified atom stereocenters. The van der Waals surface area contributed by atoms with Crippen molar-refractivity contribution >= 4 is 11.9 Å². The van der Waals surface area contributed by atoms with Crippen LogP contribution in [0.4, 0.5) is 8.78 Å². The number of benzene rings is 2. The molecule has 0 saturated carbocycles. The molecule has 0 spiro atoms. The summed E-state index contributed by atoms with van der Waals surface area (Å²) in [4.78, 5) is 25.8. The van der Waals surface area contributed by atoms with Crippen LogP contribution in [0.5, 0.6) is 0 Å². The van der Waals surface area contributed by atoms with Gasteiger partial charge in [0.25, 0.3) is 5.91 Å². The summed E-state index contributed by atoms with van der Waals surface area (Å²) in [6, 6.07) is 11.8. The number of hydrogen-bond acceptors (Lipinski definition) is 5. The molecule has 8 nitrogen and oxygen atoms in total. The van der Waals surface area contributed by atoms with Crippen molar-refractivity contribution in [3.63, 3.8) is 0 Å². The first-order valence-electron chi connectivity index (χ1n) is 12.4. The second-order valence-corrected chi connectivity index (χ2v) is 9.68. The number of carbonyl (C=O) groups excluding carboxylic acids is 1. The Labute approximate surface area is 250 Å². The quantitative estimate of drug-likeness (QED) is 0.290. The second kappa shape index (κ2) is 14.7. The van der Waals surface area contributed by atoms with Crippen molar-refractivity contribution in [2.24, 2.45) is 0 Å². The predicted octanol–water partition coefficient (Wildman–Crippen LogP) is 1.18. The summed E-state index contributed by atoms with van der Waals surface area (Å²) in [5.74, 6) is -2.60. The molecule has 0 saturated heterocycles. The van der Waals surface area contributed by atoms with Gasteiger partial charge in [0.15, 0.2) is 5.69 Å². The molecule has 1 aromatic heterocycles. The summed E-state index contributed by atoms with van der Waals surface area (Å²) in [6.45, 7) is 3.83. The summed E-state index contributed by atoms with van der Waals surface area (Å²) < 4.78 is 29.4. The molecular formula is C28H34F2N3NaO5. The van der Waals surface area contributed by atoms with E-state index in [4.69, 9.17) is 5.11 Å². The molecular weight excluding hydrogens is 519 g/mol. The Kier molecular flexibility index (Phi) is 12.3. The van der Waals surface area contributed by atoms with Gasteiger partial charge in [-0.15, -0.1) is 0 Å². The van der Waals surface area contributed by atoms with Gasteiger partial charge in [-0.1, -0.05) is 32.0 Å². The van der Waals surface area contributed by atoms with Crippen molar-refractivity contribution < 1.29 is 64.7 Å². The van der Waals surface area contributed by atoms with Gasteiger partial charge in [0, 0.05) is 30.4 Å². The van der Waals surface area contributed by atoms with E-state index in [0.717, 1.165) is 0 Å². The molecule has 3 aromatic rings. The molecule has 11 heteroatoms. The molecule has 3 rings (SSSR count). The van der Waals surface area contributed by atoms with Gasteiger partial charge in [-0.05, 0) is 55.5 Å². The number of halogens is 2. The van der Waals surface area contributed by atoms with E-state index < -0.39 is 42.1 Å². The molecule has 1 heterocycles. The Morgan fingerprint density at radius 3 is 2.28 bits per heavy atom. The van der Waals surface area contributed by atoms with E-state index in [-0.39, 0.29) is 68.4 Å². The molecule has 0 fully saturated rings. The van der Waals surface area contributed by atoms with Crippen LogP contribution in [0.25, 0.3) is 5.69 Å². The Bertz CT molecular complexity index is 1270. The fourth-order valence-corrected chi connectivity index (χ4v) is 4.42. The third-order valence-corrected chi connectivity index (χ3v) is 6.25. The number of hydrogen-bond donors (Lipinski definition) is 3. The number of nitrogens with zero attached hydrogens (tertiary/aromatic N) is 3. The van der Waals surface area contributed by atoms with Crippen LogP contribution in [0.1, 0.15) is 67.8 Å². The molecule has 3 N–H and O–H groups in total. The maximum absolute atomic E-state index is 14.2. The first kappa shape index (κ1) is 32.6. The zero-order valence-corrected chi connectivity index (χ0v) is 24.6. The summed E-state index contributed by atoms with van der Waals surface area (Å²) in [6.07, 6.45) is -2.37. The van der Waals surface area contributed by atoms with Crippen molar-refractivity contribution in [1.29, 1.82) is 0 Å². The minimum atomic E-state index is -1.20. The van der Waals surface area contributed by atoms with Crippen molar-refractivity contribution in [2.75, 3.05) is 7.05 Å². The Hall–Kier alpha value is -2.63. The van der Waals surface area contributed by atoms with Crippen LogP contribution in [0.3, 0.4) is 0 Å². The Balaban J connectivity index is 0.00000400. The monoisotopic (exact) mass is 553 g/mol. The Morgan fingerprint density at radius 2 is 1.69 bits per heavy atom. The summed E-state index contributed by atoms with van der Waals surface area (Å²) in [7, 11) is 1.56. The largest absolute Gasteiger partial charge is 1.00 e. The third kappa shape index (κ3) is 8.68. The fraction of sp³-hybridized carbons (Fsp3) is 0.393. The summed E-state index contributed by atoms with van der Waals surface area (Å²) in [5, 5.41) is 33.8. The summed E-state index contributed by atoms with van der Waals surface area (Å²) >= 11 is 0. The van der Waals surface area contributed by atoms with Crippen LogP contribution in [0, 0.1) is 11.6 Å². The van der Waals surface area contributed by atoms with Gasteiger partial charge in [-0.2, -0.15) is 5.10 Å². The number of aliphatic hydroxyl groups excluding tert-OH is 2. The molecule has 0 aliphatic rings. The van der Waals surface area contributed by atoms with Gasteiger partial charge in [0.05, 0.1) is 24.3 Å². The number of aromatic nitrogens is 2. The number of aliphatic carboxylic acids is 1. The normalized spacial score (nSPS) is 12.6. The molecule has 0 aliphatic carbocycles. The van der Waals surface area contributed by atoms with Gasteiger partial charge in [-0.3, -0.25) is 9.59 Å². The molecule has 2 aromatic carbocycles. The first-order valence-corrected chi connectivity index (χ1v) is 12.4. The van der Waals surface area contributed by atoms with E-state index in [1.54, 1.807) is 29.9 Å².